The van der Waals surface area contributed by atoms with Crippen molar-refractivity contribution in [2.75, 3.05) is 19.7 Å². The number of carbonyl (C=O) groups is 1. The summed E-state index contributed by atoms with van der Waals surface area (Å²) in [4.78, 5) is 20.5. The van der Waals surface area contributed by atoms with Crippen LogP contribution >= 0.6 is 0 Å². The zero-order chi connectivity index (χ0) is 16.5. The van der Waals surface area contributed by atoms with E-state index in [1.807, 2.05) is 17.9 Å². The van der Waals surface area contributed by atoms with E-state index in [4.69, 9.17) is 9.57 Å². The van der Waals surface area contributed by atoms with Crippen LogP contribution in [0.5, 0.6) is 0 Å². The number of amides is 1. The van der Waals surface area contributed by atoms with Gasteiger partial charge in [0.1, 0.15) is 6.10 Å². The highest BCUT2D eigenvalue weighted by molar-refractivity contribution is 5.80. The van der Waals surface area contributed by atoms with Crippen molar-refractivity contribution < 1.29 is 14.4 Å². The standard InChI is InChI=1S/C17H26N4O3/c1-19-11-13(10-18-19)12-20-8-6-15-14(20)4-5-16(24-15)17(22)21-7-2-3-9-23-21/h10-11,14-16H,2-9,12H2,1H3/t14-,15-,16+/m1/s1. The molecule has 0 aliphatic carbocycles. The van der Waals surface area contributed by atoms with Gasteiger partial charge in [0.05, 0.1) is 18.9 Å². The summed E-state index contributed by atoms with van der Waals surface area (Å²) in [6, 6.07) is 0.413. The van der Waals surface area contributed by atoms with Crippen molar-refractivity contribution >= 4 is 5.91 Å². The zero-order valence-corrected chi connectivity index (χ0v) is 14.3. The molecule has 3 saturated heterocycles. The molecule has 7 heteroatoms. The van der Waals surface area contributed by atoms with Crippen LogP contribution in [0.4, 0.5) is 0 Å². The molecular formula is C17H26N4O3. The van der Waals surface area contributed by atoms with Crippen molar-refractivity contribution in [3.8, 4) is 0 Å². The lowest BCUT2D eigenvalue weighted by molar-refractivity contribution is -0.213. The van der Waals surface area contributed by atoms with Crippen molar-refractivity contribution in [1.82, 2.24) is 19.7 Å². The minimum atomic E-state index is -0.331. The Labute approximate surface area is 142 Å². The number of nitrogens with zero attached hydrogens (tertiary/aromatic N) is 4. The van der Waals surface area contributed by atoms with Gasteiger partial charge < -0.3 is 4.74 Å². The maximum absolute atomic E-state index is 12.6. The van der Waals surface area contributed by atoms with Crippen LogP contribution < -0.4 is 0 Å². The molecule has 0 spiro atoms. The van der Waals surface area contributed by atoms with Gasteiger partial charge in [0.2, 0.25) is 0 Å². The second-order valence-electron chi connectivity index (χ2n) is 7.07. The number of ether oxygens (including phenoxy) is 1. The normalized spacial score (nSPS) is 31.2. The Balaban J connectivity index is 1.34. The SMILES string of the molecule is Cn1cc(CN2CC[C@H]3O[C@H](C(=O)N4CCCCO4)CC[C@H]32)cn1. The lowest BCUT2D eigenvalue weighted by atomic mass is 9.98. The molecule has 0 bridgehead atoms. The third-order valence-corrected chi connectivity index (χ3v) is 5.33. The van der Waals surface area contributed by atoms with Crippen LogP contribution in [0.2, 0.25) is 0 Å². The summed E-state index contributed by atoms with van der Waals surface area (Å²) in [5.74, 6) is 0.0128. The van der Waals surface area contributed by atoms with E-state index in [1.54, 1.807) is 0 Å². The predicted molar refractivity (Wildman–Crippen MR) is 86.8 cm³/mol. The van der Waals surface area contributed by atoms with E-state index in [2.05, 4.69) is 16.2 Å². The third kappa shape index (κ3) is 3.20. The molecule has 1 aromatic rings. The Bertz CT molecular complexity index is 584. The first-order valence-electron chi connectivity index (χ1n) is 9.02. The number of aryl methyl sites for hydroxylation is 1. The van der Waals surface area contributed by atoms with Gasteiger partial charge in [-0.2, -0.15) is 5.10 Å². The van der Waals surface area contributed by atoms with E-state index in [-0.39, 0.29) is 18.1 Å². The Morgan fingerprint density at radius 1 is 1.29 bits per heavy atom. The van der Waals surface area contributed by atoms with Crippen molar-refractivity contribution in [3.63, 3.8) is 0 Å². The van der Waals surface area contributed by atoms with Crippen molar-refractivity contribution in [2.24, 2.45) is 7.05 Å². The van der Waals surface area contributed by atoms with Gasteiger partial charge in [0.15, 0.2) is 0 Å². The summed E-state index contributed by atoms with van der Waals surface area (Å²) in [6.07, 6.45) is 8.66. The van der Waals surface area contributed by atoms with E-state index < -0.39 is 0 Å². The largest absolute Gasteiger partial charge is 0.363 e. The molecule has 7 nitrogen and oxygen atoms in total. The average Bonchev–Trinajstić information content (AvgIpc) is 3.21. The minimum absolute atomic E-state index is 0.0128. The number of likely N-dealkylation sites (tertiary alicyclic amines) is 1. The molecule has 24 heavy (non-hydrogen) atoms. The fraction of sp³-hybridized carbons (Fsp3) is 0.765. The second-order valence-corrected chi connectivity index (χ2v) is 7.07. The number of hydroxylamine groups is 2. The zero-order valence-electron chi connectivity index (χ0n) is 14.3. The number of hydrogen-bond acceptors (Lipinski definition) is 5. The summed E-state index contributed by atoms with van der Waals surface area (Å²) >= 11 is 0. The molecule has 3 aliphatic rings. The summed E-state index contributed by atoms with van der Waals surface area (Å²) < 4.78 is 8.01. The van der Waals surface area contributed by atoms with Gasteiger partial charge in [-0.15, -0.1) is 0 Å². The number of aromatic nitrogens is 2. The average molecular weight is 334 g/mol. The number of carbonyl (C=O) groups excluding carboxylic acids is 1. The fourth-order valence-electron chi connectivity index (χ4n) is 4.11. The predicted octanol–water partition coefficient (Wildman–Crippen LogP) is 1.10. The molecule has 0 N–H and O–H groups in total. The maximum Gasteiger partial charge on any atom is 0.275 e. The first-order chi connectivity index (χ1) is 11.7. The van der Waals surface area contributed by atoms with E-state index in [0.29, 0.717) is 19.2 Å². The molecule has 4 rings (SSSR count). The van der Waals surface area contributed by atoms with Crippen molar-refractivity contribution in [2.45, 2.75) is 56.9 Å². The fourth-order valence-corrected chi connectivity index (χ4v) is 4.11. The summed E-state index contributed by atoms with van der Waals surface area (Å²) in [6.45, 7) is 3.26. The topological polar surface area (TPSA) is 59.8 Å². The maximum atomic E-state index is 12.6. The van der Waals surface area contributed by atoms with Crippen LogP contribution in [0.1, 0.15) is 37.7 Å². The lowest BCUT2D eigenvalue weighted by Crippen LogP contribution is -2.49. The van der Waals surface area contributed by atoms with Gasteiger partial charge >= 0.3 is 0 Å². The first kappa shape index (κ1) is 16.1. The molecule has 0 aromatic carbocycles. The molecule has 3 atom stereocenters. The van der Waals surface area contributed by atoms with Gasteiger partial charge in [-0.25, -0.2) is 5.06 Å². The van der Waals surface area contributed by atoms with E-state index in [9.17, 15) is 4.79 Å². The van der Waals surface area contributed by atoms with E-state index in [1.165, 1.54) is 10.6 Å². The number of fused-ring (bicyclic) bond motifs is 1. The summed E-state index contributed by atoms with van der Waals surface area (Å²) in [7, 11) is 1.94. The number of hydrogen-bond donors (Lipinski definition) is 0. The Kier molecular flexibility index (Phi) is 4.56. The van der Waals surface area contributed by atoms with Crippen LogP contribution in [-0.4, -0.2) is 63.6 Å². The first-order valence-corrected chi connectivity index (χ1v) is 9.02. The van der Waals surface area contributed by atoms with Gasteiger partial charge in [-0.05, 0) is 32.1 Å². The Morgan fingerprint density at radius 3 is 2.96 bits per heavy atom. The van der Waals surface area contributed by atoms with Gasteiger partial charge in [-0.1, -0.05) is 0 Å². The number of rotatable bonds is 3. The van der Waals surface area contributed by atoms with Crippen LogP contribution in [0.25, 0.3) is 0 Å². The van der Waals surface area contributed by atoms with Gasteiger partial charge in [0.25, 0.3) is 5.91 Å². The smallest absolute Gasteiger partial charge is 0.275 e. The summed E-state index contributed by atoms with van der Waals surface area (Å²) in [5.41, 5.74) is 1.23. The monoisotopic (exact) mass is 334 g/mol. The molecule has 0 radical (unpaired) electrons. The quantitative estimate of drug-likeness (QED) is 0.828. The van der Waals surface area contributed by atoms with Gasteiger partial charge in [0, 0.05) is 44.5 Å². The van der Waals surface area contributed by atoms with Gasteiger partial charge in [-0.3, -0.25) is 19.2 Å². The van der Waals surface area contributed by atoms with Crippen LogP contribution in [-0.2, 0) is 28.0 Å². The van der Waals surface area contributed by atoms with E-state index >= 15 is 0 Å². The van der Waals surface area contributed by atoms with Crippen LogP contribution in [0.15, 0.2) is 12.4 Å². The molecule has 4 heterocycles. The van der Waals surface area contributed by atoms with E-state index in [0.717, 1.165) is 45.2 Å². The molecule has 1 amide bonds. The van der Waals surface area contributed by atoms with Crippen LogP contribution in [0.3, 0.4) is 0 Å². The lowest BCUT2D eigenvalue weighted by Gasteiger charge is -2.37. The molecular weight excluding hydrogens is 308 g/mol. The van der Waals surface area contributed by atoms with Crippen molar-refractivity contribution in [3.05, 3.63) is 18.0 Å². The minimum Gasteiger partial charge on any atom is -0.363 e. The highest BCUT2D eigenvalue weighted by Crippen LogP contribution is 2.33. The summed E-state index contributed by atoms with van der Waals surface area (Å²) in [5, 5.41) is 5.77. The third-order valence-electron chi connectivity index (χ3n) is 5.33. The highest BCUT2D eigenvalue weighted by atomic mass is 16.7. The van der Waals surface area contributed by atoms with Crippen molar-refractivity contribution in [1.29, 1.82) is 0 Å². The molecule has 0 unspecified atom stereocenters. The Morgan fingerprint density at radius 2 is 2.21 bits per heavy atom. The molecule has 3 aliphatic heterocycles. The molecule has 3 fully saturated rings. The van der Waals surface area contributed by atoms with Crippen LogP contribution in [0, 0.1) is 0 Å². The highest BCUT2D eigenvalue weighted by Gasteiger charge is 2.42. The molecule has 1 aromatic heterocycles. The molecule has 0 saturated carbocycles. The Hall–Kier alpha value is -1.44. The molecule has 132 valence electrons. The second kappa shape index (κ2) is 6.82.